The maximum Gasteiger partial charge on any atom is 0.224 e. The zero-order chi connectivity index (χ0) is 13.0. The van der Waals surface area contributed by atoms with Crippen LogP contribution in [0.3, 0.4) is 0 Å². The smallest absolute Gasteiger partial charge is 0.224 e. The maximum atomic E-state index is 13.4. The summed E-state index contributed by atoms with van der Waals surface area (Å²) in [5, 5.41) is 11.3. The molecule has 1 saturated carbocycles. The molecule has 0 unspecified atom stereocenters. The van der Waals surface area contributed by atoms with E-state index in [0.29, 0.717) is 18.0 Å². The van der Waals surface area contributed by atoms with E-state index in [1.807, 2.05) is 0 Å². The second kappa shape index (κ2) is 5.65. The summed E-state index contributed by atoms with van der Waals surface area (Å²) < 4.78 is 13.4. The molecule has 1 fully saturated rings. The van der Waals surface area contributed by atoms with Crippen LogP contribution in [-0.2, 0) is 4.79 Å². The van der Waals surface area contributed by atoms with Crippen molar-refractivity contribution in [2.24, 2.45) is 5.92 Å². The lowest BCUT2D eigenvalue weighted by Crippen LogP contribution is -2.12. The number of carbonyl (C=O) groups excluding carboxylic acids is 1. The molecular formula is C14H14FNO2. The standard InChI is InChI=1S/C14H14FNO2/c15-13-6-5-12(9-11(13)2-1-7-17)16-14(18)8-10-3-4-10/h5-6,9-10,17H,3-4,7-8H2,(H,16,18). The predicted molar refractivity (Wildman–Crippen MR) is 66.3 cm³/mol. The summed E-state index contributed by atoms with van der Waals surface area (Å²) in [4.78, 5) is 11.6. The Morgan fingerprint density at radius 1 is 1.50 bits per heavy atom. The van der Waals surface area contributed by atoms with Gasteiger partial charge in [-0.25, -0.2) is 4.39 Å². The number of nitrogens with one attached hydrogen (secondary N) is 1. The summed E-state index contributed by atoms with van der Waals surface area (Å²) in [6, 6.07) is 4.24. The van der Waals surface area contributed by atoms with Crippen LogP contribution in [0.5, 0.6) is 0 Å². The van der Waals surface area contributed by atoms with Crippen molar-refractivity contribution in [1.29, 1.82) is 0 Å². The number of benzene rings is 1. The van der Waals surface area contributed by atoms with E-state index in [1.54, 1.807) is 0 Å². The summed E-state index contributed by atoms with van der Waals surface area (Å²) >= 11 is 0. The molecule has 0 radical (unpaired) electrons. The van der Waals surface area contributed by atoms with Crippen LogP contribution in [0.1, 0.15) is 24.8 Å². The van der Waals surface area contributed by atoms with Crippen molar-refractivity contribution in [2.75, 3.05) is 11.9 Å². The molecule has 1 aromatic carbocycles. The van der Waals surface area contributed by atoms with Crippen molar-refractivity contribution in [2.45, 2.75) is 19.3 Å². The first-order chi connectivity index (χ1) is 8.69. The van der Waals surface area contributed by atoms with E-state index < -0.39 is 5.82 Å². The van der Waals surface area contributed by atoms with Crippen molar-refractivity contribution in [3.05, 3.63) is 29.6 Å². The van der Waals surface area contributed by atoms with Gasteiger partial charge in [0.25, 0.3) is 0 Å². The highest BCUT2D eigenvalue weighted by atomic mass is 19.1. The van der Waals surface area contributed by atoms with Crippen LogP contribution in [0.25, 0.3) is 0 Å². The second-order valence-corrected chi connectivity index (χ2v) is 4.35. The number of hydrogen-bond acceptors (Lipinski definition) is 2. The van der Waals surface area contributed by atoms with E-state index in [4.69, 9.17) is 5.11 Å². The Bertz CT molecular complexity index is 512. The Hall–Kier alpha value is -1.86. The Morgan fingerprint density at radius 3 is 2.94 bits per heavy atom. The lowest BCUT2D eigenvalue weighted by molar-refractivity contribution is -0.116. The van der Waals surface area contributed by atoms with Gasteiger partial charge in [-0.3, -0.25) is 4.79 Å². The number of amides is 1. The van der Waals surface area contributed by atoms with Crippen molar-refractivity contribution >= 4 is 11.6 Å². The van der Waals surface area contributed by atoms with Crippen LogP contribution >= 0.6 is 0 Å². The first-order valence-electron chi connectivity index (χ1n) is 5.88. The third kappa shape index (κ3) is 3.57. The summed E-state index contributed by atoms with van der Waals surface area (Å²) in [6.07, 6.45) is 2.75. The van der Waals surface area contributed by atoms with Gasteiger partial charge in [0, 0.05) is 12.1 Å². The SMILES string of the molecule is O=C(CC1CC1)Nc1ccc(F)c(C#CCO)c1. The molecule has 0 spiro atoms. The molecule has 0 aromatic heterocycles. The molecule has 1 aromatic rings. The van der Waals surface area contributed by atoms with Crippen molar-refractivity contribution in [3.8, 4) is 11.8 Å². The Labute approximate surface area is 105 Å². The molecule has 1 amide bonds. The van der Waals surface area contributed by atoms with E-state index in [1.165, 1.54) is 18.2 Å². The Balaban J connectivity index is 2.05. The maximum absolute atomic E-state index is 13.4. The van der Waals surface area contributed by atoms with Gasteiger partial charge in [0.05, 0.1) is 5.56 Å². The van der Waals surface area contributed by atoms with Gasteiger partial charge in [-0.2, -0.15) is 0 Å². The van der Waals surface area contributed by atoms with E-state index in [9.17, 15) is 9.18 Å². The molecule has 1 aliphatic rings. The van der Waals surface area contributed by atoms with Crippen LogP contribution in [0.4, 0.5) is 10.1 Å². The highest BCUT2D eigenvalue weighted by Crippen LogP contribution is 2.32. The summed E-state index contributed by atoms with van der Waals surface area (Å²) in [5.41, 5.74) is 0.706. The summed E-state index contributed by atoms with van der Waals surface area (Å²) in [7, 11) is 0. The first kappa shape index (κ1) is 12.6. The predicted octanol–water partition coefficient (Wildman–Crippen LogP) is 1.91. The number of halogens is 1. The van der Waals surface area contributed by atoms with Crippen molar-refractivity contribution in [3.63, 3.8) is 0 Å². The summed E-state index contributed by atoms with van der Waals surface area (Å²) in [5.74, 6) is 4.88. The van der Waals surface area contributed by atoms with Crippen molar-refractivity contribution < 1.29 is 14.3 Å². The molecule has 94 valence electrons. The van der Waals surface area contributed by atoms with E-state index >= 15 is 0 Å². The molecule has 4 heteroatoms. The normalized spacial score (nSPS) is 13.7. The minimum Gasteiger partial charge on any atom is -0.384 e. The van der Waals surface area contributed by atoms with Gasteiger partial charge >= 0.3 is 0 Å². The van der Waals surface area contributed by atoms with E-state index in [-0.39, 0.29) is 18.1 Å². The number of hydrogen-bond donors (Lipinski definition) is 2. The zero-order valence-electron chi connectivity index (χ0n) is 9.87. The molecule has 0 saturated heterocycles. The molecule has 0 bridgehead atoms. The van der Waals surface area contributed by atoms with Gasteiger partial charge in [-0.15, -0.1) is 0 Å². The molecule has 3 nitrogen and oxygen atoms in total. The van der Waals surface area contributed by atoms with Gasteiger partial charge in [-0.05, 0) is 37.0 Å². The highest BCUT2D eigenvalue weighted by molar-refractivity contribution is 5.91. The largest absolute Gasteiger partial charge is 0.384 e. The monoisotopic (exact) mass is 247 g/mol. The first-order valence-corrected chi connectivity index (χ1v) is 5.88. The van der Waals surface area contributed by atoms with Gasteiger partial charge in [0.1, 0.15) is 12.4 Å². The Morgan fingerprint density at radius 2 is 2.28 bits per heavy atom. The molecule has 0 aliphatic heterocycles. The minimum absolute atomic E-state index is 0.0508. The van der Waals surface area contributed by atoms with Crippen LogP contribution in [0.2, 0.25) is 0 Å². The van der Waals surface area contributed by atoms with E-state index in [0.717, 1.165) is 12.8 Å². The third-order valence-electron chi connectivity index (χ3n) is 2.72. The molecule has 1 aliphatic carbocycles. The van der Waals surface area contributed by atoms with Gasteiger partial charge in [0.2, 0.25) is 5.91 Å². The number of aliphatic hydroxyl groups excluding tert-OH is 1. The number of rotatable bonds is 3. The molecule has 18 heavy (non-hydrogen) atoms. The quantitative estimate of drug-likeness (QED) is 0.801. The van der Waals surface area contributed by atoms with Gasteiger partial charge < -0.3 is 10.4 Å². The van der Waals surface area contributed by atoms with Gasteiger partial charge in [-0.1, -0.05) is 11.8 Å². The lowest BCUT2D eigenvalue weighted by atomic mass is 10.2. The molecule has 2 rings (SSSR count). The lowest BCUT2D eigenvalue weighted by Gasteiger charge is -2.05. The fraction of sp³-hybridized carbons (Fsp3) is 0.357. The number of carbonyl (C=O) groups is 1. The van der Waals surface area contributed by atoms with Crippen LogP contribution in [0.15, 0.2) is 18.2 Å². The zero-order valence-corrected chi connectivity index (χ0v) is 9.87. The Kier molecular flexibility index (Phi) is 3.96. The molecular weight excluding hydrogens is 233 g/mol. The second-order valence-electron chi connectivity index (χ2n) is 4.35. The van der Waals surface area contributed by atoms with Gasteiger partial charge in [0.15, 0.2) is 0 Å². The molecule has 0 heterocycles. The molecule has 2 N–H and O–H groups in total. The van der Waals surface area contributed by atoms with Crippen LogP contribution in [0, 0.1) is 23.6 Å². The minimum atomic E-state index is -0.462. The number of aliphatic hydroxyl groups is 1. The third-order valence-corrected chi connectivity index (χ3v) is 2.72. The average Bonchev–Trinajstić information content (AvgIpc) is 3.13. The van der Waals surface area contributed by atoms with Crippen LogP contribution in [-0.4, -0.2) is 17.6 Å². The highest BCUT2D eigenvalue weighted by Gasteiger charge is 2.24. The van der Waals surface area contributed by atoms with Crippen molar-refractivity contribution in [1.82, 2.24) is 0 Å². The number of anilines is 1. The topological polar surface area (TPSA) is 49.3 Å². The summed E-state index contributed by atoms with van der Waals surface area (Å²) in [6.45, 7) is -0.322. The van der Waals surface area contributed by atoms with Crippen LogP contribution < -0.4 is 5.32 Å². The molecule has 0 atom stereocenters. The fourth-order valence-electron chi connectivity index (χ4n) is 1.63. The fourth-order valence-corrected chi connectivity index (χ4v) is 1.63. The average molecular weight is 247 g/mol. The van der Waals surface area contributed by atoms with E-state index in [2.05, 4.69) is 17.2 Å².